The number of carbonyl (C=O) groups excluding carboxylic acids is 2. The Bertz CT molecular complexity index is 1340. The molecular formula is C36H48N2O5. The molecule has 0 spiro atoms. The summed E-state index contributed by atoms with van der Waals surface area (Å²) in [5, 5.41) is 0.939. The second-order valence-electron chi connectivity index (χ2n) is 12.8. The minimum atomic E-state index is -0.403. The lowest BCUT2D eigenvalue weighted by Crippen LogP contribution is -2.44. The lowest BCUT2D eigenvalue weighted by Gasteiger charge is -2.41. The normalized spacial score (nSPS) is 14.5. The summed E-state index contributed by atoms with van der Waals surface area (Å²) in [7, 11) is 1.44. The van der Waals surface area contributed by atoms with Gasteiger partial charge in [-0.2, -0.15) is 0 Å². The second kappa shape index (κ2) is 15.3. The van der Waals surface area contributed by atoms with Crippen molar-refractivity contribution < 1.29 is 23.8 Å². The van der Waals surface area contributed by atoms with Crippen molar-refractivity contribution in [2.45, 2.75) is 110 Å². The van der Waals surface area contributed by atoms with E-state index in [1.807, 2.05) is 42.5 Å². The first-order valence-corrected chi connectivity index (χ1v) is 16.0. The third-order valence-electron chi connectivity index (χ3n) is 8.84. The molecular weight excluding hydrogens is 540 g/mol. The van der Waals surface area contributed by atoms with Gasteiger partial charge in [-0.25, -0.2) is 14.8 Å². The van der Waals surface area contributed by atoms with Gasteiger partial charge in [0.25, 0.3) is 0 Å². The van der Waals surface area contributed by atoms with Crippen LogP contribution in [-0.4, -0.2) is 41.2 Å². The van der Waals surface area contributed by atoms with Crippen LogP contribution in [0, 0.1) is 5.41 Å². The van der Waals surface area contributed by atoms with E-state index in [9.17, 15) is 9.59 Å². The molecule has 7 nitrogen and oxygen atoms in total. The van der Waals surface area contributed by atoms with Crippen LogP contribution in [0.3, 0.4) is 0 Å². The molecule has 43 heavy (non-hydrogen) atoms. The summed E-state index contributed by atoms with van der Waals surface area (Å²) in [5.74, 6) is 0.434. The van der Waals surface area contributed by atoms with E-state index in [1.54, 1.807) is 6.33 Å². The molecule has 0 aliphatic heterocycles. The third-order valence-corrected chi connectivity index (χ3v) is 8.84. The van der Waals surface area contributed by atoms with Crippen LogP contribution >= 0.6 is 0 Å². The van der Waals surface area contributed by atoms with Crippen LogP contribution in [-0.2, 0) is 14.3 Å². The van der Waals surface area contributed by atoms with Crippen LogP contribution in [0.2, 0.25) is 0 Å². The number of ether oxygens (including phenoxy) is 3. The van der Waals surface area contributed by atoms with Crippen molar-refractivity contribution in [3.63, 3.8) is 0 Å². The number of fused-ring (bicyclic) bond motifs is 1. The Morgan fingerprint density at radius 3 is 2.14 bits per heavy atom. The lowest BCUT2D eigenvalue weighted by atomic mass is 9.75. The Morgan fingerprint density at radius 1 is 0.837 bits per heavy atom. The SMILES string of the molecule is COC(=O)CCCCCCCCCCOc1ccc2c(-c3ccc(C(=O)OC4(C(C)(C)C)CCCC4)cc3)ncnc2c1. The van der Waals surface area contributed by atoms with Gasteiger partial charge in [-0.1, -0.05) is 71.4 Å². The van der Waals surface area contributed by atoms with E-state index in [4.69, 9.17) is 9.47 Å². The third kappa shape index (κ3) is 8.77. The van der Waals surface area contributed by atoms with E-state index >= 15 is 0 Å². The lowest BCUT2D eigenvalue weighted by molar-refractivity contribution is -0.140. The number of esters is 2. The summed E-state index contributed by atoms with van der Waals surface area (Å²) < 4.78 is 16.9. The van der Waals surface area contributed by atoms with Crippen molar-refractivity contribution in [2.75, 3.05) is 13.7 Å². The smallest absolute Gasteiger partial charge is 0.338 e. The molecule has 1 heterocycles. The maximum atomic E-state index is 13.1. The number of methoxy groups -OCH3 is 1. The fourth-order valence-corrected chi connectivity index (χ4v) is 6.03. The summed E-state index contributed by atoms with van der Waals surface area (Å²) in [6, 6.07) is 13.5. The molecule has 1 fully saturated rings. The Kier molecular flexibility index (Phi) is 11.5. The monoisotopic (exact) mass is 588 g/mol. The number of rotatable bonds is 15. The van der Waals surface area contributed by atoms with Gasteiger partial charge < -0.3 is 14.2 Å². The first kappa shape index (κ1) is 32.4. The van der Waals surface area contributed by atoms with E-state index < -0.39 is 5.60 Å². The Labute approximate surface area is 256 Å². The molecule has 4 rings (SSSR count). The maximum Gasteiger partial charge on any atom is 0.338 e. The van der Waals surface area contributed by atoms with Crippen LogP contribution in [0.1, 0.15) is 115 Å². The molecule has 1 aromatic heterocycles. The number of hydrogen-bond donors (Lipinski definition) is 0. The molecule has 0 atom stereocenters. The molecule has 1 aliphatic carbocycles. The van der Waals surface area contributed by atoms with Gasteiger partial charge >= 0.3 is 11.9 Å². The van der Waals surface area contributed by atoms with Gasteiger partial charge in [-0.15, -0.1) is 0 Å². The molecule has 0 amide bonds. The zero-order valence-electron chi connectivity index (χ0n) is 26.5. The Balaban J connectivity index is 1.25. The van der Waals surface area contributed by atoms with Gasteiger partial charge in [0.05, 0.1) is 30.5 Å². The highest BCUT2D eigenvalue weighted by Crippen LogP contribution is 2.46. The predicted molar refractivity (Wildman–Crippen MR) is 170 cm³/mol. The number of aromatic nitrogens is 2. The summed E-state index contributed by atoms with van der Waals surface area (Å²) >= 11 is 0. The first-order chi connectivity index (χ1) is 20.7. The minimum Gasteiger partial charge on any atom is -0.494 e. The molecule has 232 valence electrons. The molecule has 0 saturated heterocycles. The number of nitrogens with zero attached hydrogens (tertiary/aromatic N) is 2. The number of hydrogen-bond acceptors (Lipinski definition) is 7. The first-order valence-electron chi connectivity index (χ1n) is 16.0. The van der Waals surface area contributed by atoms with E-state index in [0.717, 1.165) is 79.3 Å². The van der Waals surface area contributed by atoms with E-state index in [0.29, 0.717) is 18.6 Å². The average Bonchev–Trinajstić information content (AvgIpc) is 3.49. The highest BCUT2D eigenvalue weighted by atomic mass is 16.6. The van der Waals surface area contributed by atoms with Crippen LogP contribution in [0.25, 0.3) is 22.2 Å². The van der Waals surface area contributed by atoms with Crippen molar-refractivity contribution >= 4 is 22.8 Å². The van der Waals surface area contributed by atoms with Crippen molar-refractivity contribution in [1.29, 1.82) is 0 Å². The highest BCUT2D eigenvalue weighted by Gasteiger charge is 2.47. The summed E-state index contributed by atoms with van der Waals surface area (Å²) in [4.78, 5) is 33.3. The Morgan fingerprint density at radius 2 is 1.49 bits per heavy atom. The van der Waals surface area contributed by atoms with Crippen LogP contribution in [0.5, 0.6) is 5.75 Å². The number of benzene rings is 2. The van der Waals surface area contributed by atoms with Gasteiger partial charge in [0.15, 0.2) is 0 Å². The number of unbranched alkanes of at least 4 members (excludes halogenated alkanes) is 7. The maximum absolute atomic E-state index is 13.1. The summed E-state index contributed by atoms with van der Waals surface area (Å²) in [5.41, 5.74) is 2.63. The van der Waals surface area contributed by atoms with Crippen molar-refractivity contribution in [2.24, 2.45) is 5.41 Å². The molecule has 1 aliphatic rings. The second-order valence-corrected chi connectivity index (χ2v) is 12.8. The molecule has 7 heteroatoms. The van der Waals surface area contributed by atoms with E-state index in [1.165, 1.54) is 32.8 Å². The summed E-state index contributed by atoms with van der Waals surface area (Å²) in [6.07, 6.45) is 15.1. The molecule has 0 unspecified atom stereocenters. The molecule has 0 N–H and O–H groups in total. The number of carbonyl (C=O) groups is 2. The molecule has 1 saturated carbocycles. The van der Waals surface area contributed by atoms with Gasteiger partial charge in [-0.3, -0.25) is 4.79 Å². The minimum absolute atomic E-state index is 0.101. The van der Waals surface area contributed by atoms with Gasteiger partial charge in [-0.05, 0) is 62.8 Å². The van der Waals surface area contributed by atoms with Gasteiger partial charge in [0.2, 0.25) is 0 Å². The Hall–Kier alpha value is -3.48. The zero-order valence-corrected chi connectivity index (χ0v) is 26.5. The predicted octanol–water partition coefficient (Wildman–Crippen LogP) is 8.88. The fraction of sp³-hybridized carbons (Fsp3) is 0.556. The van der Waals surface area contributed by atoms with E-state index in [-0.39, 0.29) is 17.4 Å². The molecule has 2 aromatic carbocycles. The topological polar surface area (TPSA) is 87.6 Å². The van der Waals surface area contributed by atoms with Gasteiger partial charge in [0.1, 0.15) is 17.7 Å². The summed E-state index contributed by atoms with van der Waals surface area (Å²) in [6.45, 7) is 7.16. The molecule has 3 aromatic rings. The van der Waals surface area contributed by atoms with E-state index in [2.05, 4.69) is 35.5 Å². The van der Waals surface area contributed by atoms with Crippen LogP contribution in [0.4, 0.5) is 0 Å². The van der Waals surface area contributed by atoms with Crippen LogP contribution < -0.4 is 4.74 Å². The zero-order chi connectivity index (χ0) is 30.7. The largest absolute Gasteiger partial charge is 0.494 e. The highest BCUT2D eigenvalue weighted by molar-refractivity contribution is 5.94. The van der Waals surface area contributed by atoms with Gasteiger partial charge in [0, 0.05) is 28.9 Å². The quantitative estimate of drug-likeness (QED) is 0.129. The molecule has 0 bridgehead atoms. The average molecular weight is 589 g/mol. The standard InChI is InChI=1S/C36H48N2O5/c1-35(2,3)36(22-12-13-23-36)43-34(40)28-18-16-27(17-19-28)33-30-21-20-29(25-31(30)37-26-38-33)42-24-14-10-8-6-5-7-9-11-15-32(39)41-4/h16-21,25-26H,5-15,22-24H2,1-4H3. The molecule has 0 radical (unpaired) electrons. The van der Waals surface area contributed by atoms with Crippen molar-refractivity contribution in [3.05, 3.63) is 54.4 Å². The van der Waals surface area contributed by atoms with Crippen LogP contribution in [0.15, 0.2) is 48.8 Å². The fourth-order valence-electron chi connectivity index (χ4n) is 6.03. The van der Waals surface area contributed by atoms with Crippen molar-refractivity contribution in [3.8, 4) is 17.0 Å². The van der Waals surface area contributed by atoms with Crippen molar-refractivity contribution in [1.82, 2.24) is 9.97 Å².